The maximum Gasteiger partial charge on any atom is 0.124 e. The van der Waals surface area contributed by atoms with E-state index in [9.17, 15) is 4.39 Å². The Morgan fingerprint density at radius 3 is 2.71 bits per heavy atom. The molecule has 0 saturated heterocycles. The third-order valence-corrected chi connectivity index (χ3v) is 3.76. The van der Waals surface area contributed by atoms with Gasteiger partial charge in [0, 0.05) is 23.8 Å². The Morgan fingerprint density at radius 2 is 2.10 bits per heavy atom. The molecule has 1 aromatic carbocycles. The van der Waals surface area contributed by atoms with Crippen LogP contribution in [0.2, 0.25) is 0 Å². The second-order valence-electron chi connectivity index (χ2n) is 5.99. The topological polar surface area (TPSA) is 34.1 Å². The summed E-state index contributed by atoms with van der Waals surface area (Å²) in [5.41, 5.74) is 0.796. The van der Waals surface area contributed by atoms with E-state index in [0.717, 1.165) is 15.4 Å². The maximum atomic E-state index is 13.4. The van der Waals surface area contributed by atoms with Gasteiger partial charge in [0.05, 0.1) is 9.88 Å². The van der Waals surface area contributed by atoms with Crippen molar-refractivity contribution in [3.63, 3.8) is 0 Å². The number of nitrogens with zero attached hydrogens (tertiary/aromatic N) is 1. The van der Waals surface area contributed by atoms with E-state index in [0.29, 0.717) is 18.9 Å². The van der Waals surface area contributed by atoms with Gasteiger partial charge in [-0.1, -0.05) is 0 Å². The highest BCUT2D eigenvalue weighted by atomic mass is 32.1. The molecule has 21 heavy (non-hydrogen) atoms. The van der Waals surface area contributed by atoms with Crippen LogP contribution < -0.4 is 10.1 Å². The molecule has 1 aromatic heterocycles. The molecule has 0 bridgehead atoms. The molecule has 1 heterocycles. The molecular formula is C16H21FN2OS. The van der Waals surface area contributed by atoms with Crippen LogP contribution in [-0.2, 0) is 13.2 Å². The predicted molar refractivity (Wildman–Crippen MR) is 84.2 cm³/mol. The summed E-state index contributed by atoms with van der Waals surface area (Å²) in [6, 6.07) is 4.63. The third kappa shape index (κ3) is 5.10. The Hall–Kier alpha value is -1.46. The van der Waals surface area contributed by atoms with E-state index < -0.39 is 0 Å². The lowest BCUT2D eigenvalue weighted by Gasteiger charge is -2.21. The number of hydrogen-bond acceptors (Lipinski definition) is 4. The first-order valence-electron chi connectivity index (χ1n) is 6.91. The summed E-state index contributed by atoms with van der Waals surface area (Å²) in [4.78, 5) is 5.26. The molecule has 0 amide bonds. The lowest BCUT2D eigenvalue weighted by Crippen LogP contribution is -2.35. The van der Waals surface area contributed by atoms with E-state index in [-0.39, 0.29) is 11.4 Å². The summed E-state index contributed by atoms with van der Waals surface area (Å²) in [6.45, 7) is 9.22. The Morgan fingerprint density at radius 1 is 1.33 bits per heavy atom. The first-order chi connectivity index (χ1) is 9.83. The monoisotopic (exact) mass is 308 g/mol. The van der Waals surface area contributed by atoms with E-state index >= 15 is 0 Å². The molecule has 0 atom stereocenters. The number of ether oxygens (including phenoxy) is 1. The highest BCUT2D eigenvalue weighted by Crippen LogP contribution is 2.23. The van der Waals surface area contributed by atoms with Gasteiger partial charge in [0.25, 0.3) is 0 Å². The minimum Gasteiger partial charge on any atom is -0.488 e. The zero-order valence-corrected chi connectivity index (χ0v) is 13.7. The van der Waals surface area contributed by atoms with Crippen LogP contribution in [0.5, 0.6) is 5.75 Å². The molecule has 0 saturated carbocycles. The maximum absolute atomic E-state index is 13.4. The largest absolute Gasteiger partial charge is 0.488 e. The van der Waals surface area contributed by atoms with Gasteiger partial charge in [-0.25, -0.2) is 9.37 Å². The van der Waals surface area contributed by atoms with E-state index in [4.69, 9.17) is 4.74 Å². The molecule has 0 fully saturated rings. The summed E-state index contributed by atoms with van der Waals surface area (Å²) >= 11 is 1.61. The molecule has 2 rings (SSSR count). The van der Waals surface area contributed by atoms with Crippen molar-refractivity contribution in [3.05, 3.63) is 45.7 Å². The number of rotatable bonds is 5. The number of thiazole rings is 1. The van der Waals surface area contributed by atoms with Crippen LogP contribution in [-0.4, -0.2) is 10.5 Å². The molecule has 0 spiro atoms. The van der Waals surface area contributed by atoms with Crippen LogP contribution in [0, 0.1) is 12.7 Å². The second-order valence-corrected chi connectivity index (χ2v) is 7.31. The molecule has 0 aliphatic carbocycles. The Balaban J connectivity index is 2.07. The fraction of sp³-hybridized carbons (Fsp3) is 0.438. The molecule has 3 nitrogen and oxygen atoms in total. The number of aryl methyl sites for hydroxylation is 1. The zero-order chi connectivity index (χ0) is 15.5. The van der Waals surface area contributed by atoms with Gasteiger partial charge in [0.1, 0.15) is 18.2 Å². The predicted octanol–water partition coefficient (Wildman–Crippen LogP) is 4.06. The van der Waals surface area contributed by atoms with Crippen molar-refractivity contribution in [2.45, 2.75) is 46.4 Å². The van der Waals surface area contributed by atoms with Crippen LogP contribution in [0.25, 0.3) is 0 Å². The molecule has 5 heteroatoms. The zero-order valence-electron chi connectivity index (χ0n) is 12.9. The Kier molecular flexibility index (Phi) is 4.96. The Bertz CT molecular complexity index is 605. The van der Waals surface area contributed by atoms with Gasteiger partial charge < -0.3 is 10.1 Å². The van der Waals surface area contributed by atoms with E-state index in [1.165, 1.54) is 12.1 Å². The second kappa shape index (κ2) is 6.54. The molecule has 0 aliphatic heterocycles. The molecule has 2 aromatic rings. The first-order valence-corrected chi connectivity index (χ1v) is 7.73. The SMILES string of the molecule is Cc1ncc(COc2ccc(F)cc2CNC(C)(C)C)s1. The van der Waals surface area contributed by atoms with Crippen LogP contribution in [0.15, 0.2) is 24.4 Å². The molecule has 0 aliphatic rings. The summed E-state index contributed by atoms with van der Waals surface area (Å²) in [6.07, 6.45) is 1.82. The summed E-state index contributed by atoms with van der Waals surface area (Å²) in [5.74, 6) is 0.459. The third-order valence-electron chi connectivity index (χ3n) is 2.87. The number of benzene rings is 1. The molecule has 114 valence electrons. The highest BCUT2D eigenvalue weighted by molar-refractivity contribution is 7.11. The standard InChI is InChI=1S/C16H21FN2OS/c1-11-18-9-14(21-11)10-20-15-6-5-13(17)7-12(15)8-19-16(2,3)4/h5-7,9,19H,8,10H2,1-4H3. The fourth-order valence-corrected chi connectivity index (χ4v) is 2.52. The van der Waals surface area contributed by atoms with Gasteiger partial charge in [-0.15, -0.1) is 11.3 Å². The van der Waals surface area contributed by atoms with Gasteiger partial charge in [0.15, 0.2) is 0 Å². The van der Waals surface area contributed by atoms with E-state index in [1.807, 2.05) is 13.1 Å². The minimum atomic E-state index is -0.248. The summed E-state index contributed by atoms with van der Waals surface area (Å²) in [7, 11) is 0. The van der Waals surface area contributed by atoms with Gasteiger partial charge in [0.2, 0.25) is 0 Å². The molecule has 1 N–H and O–H groups in total. The van der Waals surface area contributed by atoms with Gasteiger partial charge in [-0.3, -0.25) is 0 Å². The van der Waals surface area contributed by atoms with Gasteiger partial charge >= 0.3 is 0 Å². The molecular weight excluding hydrogens is 287 g/mol. The van der Waals surface area contributed by atoms with E-state index in [1.54, 1.807) is 17.4 Å². The highest BCUT2D eigenvalue weighted by Gasteiger charge is 2.12. The van der Waals surface area contributed by atoms with Crippen LogP contribution in [0.4, 0.5) is 4.39 Å². The molecule has 0 radical (unpaired) electrons. The Labute approximate surface area is 129 Å². The molecule has 0 unspecified atom stereocenters. The average molecular weight is 308 g/mol. The van der Waals surface area contributed by atoms with Crippen LogP contribution >= 0.6 is 11.3 Å². The lowest BCUT2D eigenvalue weighted by molar-refractivity contribution is 0.302. The van der Waals surface area contributed by atoms with Crippen LogP contribution in [0.3, 0.4) is 0 Å². The normalized spacial score (nSPS) is 11.7. The van der Waals surface area contributed by atoms with Crippen molar-refractivity contribution in [2.24, 2.45) is 0 Å². The number of nitrogens with one attached hydrogen (secondary N) is 1. The van der Waals surface area contributed by atoms with Crippen molar-refractivity contribution < 1.29 is 9.13 Å². The van der Waals surface area contributed by atoms with Crippen LogP contribution in [0.1, 0.15) is 36.2 Å². The van der Waals surface area contributed by atoms with Crippen molar-refractivity contribution in [3.8, 4) is 5.75 Å². The quantitative estimate of drug-likeness (QED) is 0.904. The summed E-state index contributed by atoms with van der Waals surface area (Å²) < 4.78 is 19.3. The number of halogens is 1. The van der Waals surface area contributed by atoms with Gasteiger partial charge in [-0.2, -0.15) is 0 Å². The average Bonchev–Trinajstić information content (AvgIpc) is 2.80. The van der Waals surface area contributed by atoms with Gasteiger partial charge in [-0.05, 0) is 45.9 Å². The minimum absolute atomic E-state index is 0.0294. The van der Waals surface area contributed by atoms with E-state index in [2.05, 4.69) is 31.1 Å². The van der Waals surface area contributed by atoms with Crippen molar-refractivity contribution in [2.75, 3.05) is 0 Å². The van der Waals surface area contributed by atoms with Crippen molar-refractivity contribution in [1.82, 2.24) is 10.3 Å². The summed E-state index contributed by atoms with van der Waals surface area (Å²) in [5, 5.41) is 4.37. The first kappa shape index (κ1) is 15.9. The fourth-order valence-electron chi connectivity index (χ4n) is 1.81. The number of hydrogen-bond donors (Lipinski definition) is 1. The van der Waals surface area contributed by atoms with Crippen molar-refractivity contribution in [1.29, 1.82) is 0 Å². The van der Waals surface area contributed by atoms with Crippen molar-refractivity contribution >= 4 is 11.3 Å². The number of aromatic nitrogens is 1. The smallest absolute Gasteiger partial charge is 0.124 e. The lowest BCUT2D eigenvalue weighted by atomic mass is 10.1.